The van der Waals surface area contributed by atoms with Crippen LogP contribution >= 0.6 is 0 Å². The van der Waals surface area contributed by atoms with Crippen molar-refractivity contribution in [3.8, 4) is 0 Å². The summed E-state index contributed by atoms with van der Waals surface area (Å²) in [6.45, 7) is 4.24. The summed E-state index contributed by atoms with van der Waals surface area (Å²) in [6.07, 6.45) is 0. The summed E-state index contributed by atoms with van der Waals surface area (Å²) >= 11 is 0. The van der Waals surface area contributed by atoms with Crippen LogP contribution < -0.4 is 5.48 Å². The molecule has 0 spiro atoms. The van der Waals surface area contributed by atoms with Gasteiger partial charge < -0.3 is 0 Å². The van der Waals surface area contributed by atoms with Crippen LogP contribution in [0.15, 0.2) is 60.7 Å². The SMILES string of the molecule is CC1(C)C2C(=O)N(OCc3ccccc3)C(=O)C21NOCc1ccccc1. The molecule has 0 bridgehead atoms. The average molecular weight is 366 g/mol. The highest BCUT2D eigenvalue weighted by Crippen LogP contribution is 2.66. The van der Waals surface area contributed by atoms with E-state index in [0.29, 0.717) is 6.61 Å². The number of carbonyl (C=O) groups excluding carboxylic acids is 2. The molecule has 0 radical (unpaired) electrons. The van der Waals surface area contributed by atoms with Crippen LogP contribution in [0.5, 0.6) is 0 Å². The molecule has 2 fully saturated rings. The Balaban J connectivity index is 1.43. The standard InChI is InChI=1S/C21H22N2O4/c1-20(2)17-18(24)23(27-14-16-11-7-4-8-12-16)19(25)21(17,20)22-26-13-15-9-5-3-6-10-15/h3-12,17,22H,13-14H2,1-2H3. The molecule has 2 unspecified atom stereocenters. The van der Waals surface area contributed by atoms with Crippen LogP contribution in [0.4, 0.5) is 0 Å². The van der Waals surface area contributed by atoms with E-state index < -0.39 is 22.8 Å². The lowest BCUT2D eigenvalue weighted by Crippen LogP contribution is -2.48. The minimum absolute atomic E-state index is 0.159. The van der Waals surface area contributed by atoms with Gasteiger partial charge in [0.1, 0.15) is 12.1 Å². The number of rotatable bonds is 7. The van der Waals surface area contributed by atoms with Crippen LogP contribution in [-0.2, 0) is 32.5 Å². The summed E-state index contributed by atoms with van der Waals surface area (Å²) in [5.41, 5.74) is 3.16. The highest BCUT2D eigenvalue weighted by Gasteiger charge is 2.85. The van der Waals surface area contributed by atoms with E-state index in [4.69, 9.17) is 9.68 Å². The number of hydrogen-bond donors (Lipinski definition) is 1. The second-order valence-corrected chi connectivity index (χ2v) is 7.54. The molecule has 1 aliphatic heterocycles. The summed E-state index contributed by atoms with van der Waals surface area (Å²) in [4.78, 5) is 36.9. The molecule has 2 atom stereocenters. The molecule has 27 heavy (non-hydrogen) atoms. The first-order valence-corrected chi connectivity index (χ1v) is 8.96. The van der Waals surface area contributed by atoms with Crippen molar-refractivity contribution in [2.45, 2.75) is 32.6 Å². The normalized spacial score (nSPS) is 25.6. The third-order valence-electron chi connectivity index (χ3n) is 5.57. The number of hydrogen-bond acceptors (Lipinski definition) is 5. The number of hydroxylamine groups is 3. The van der Waals surface area contributed by atoms with Crippen LogP contribution in [0.25, 0.3) is 0 Å². The fourth-order valence-corrected chi connectivity index (χ4v) is 3.91. The molecule has 1 saturated carbocycles. The quantitative estimate of drug-likeness (QED) is 0.603. The molecule has 1 aliphatic carbocycles. The first-order valence-electron chi connectivity index (χ1n) is 8.96. The molecule has 2 amide bonds. The Kier molecular flexibility index (Phi) is 4.34. The van der Waals surface area contributed by atoms with Gasteiger partial charge >= 0.3 is 0 Å². The number of nitrogens with zero attached hydrogens (tertiary/aromatic N) is 1. The van der Waals surface area contributed by atoms with Crippen LogP contribution in [0.2, 0.25) is 0 Å². The Bertz CT molecular complexity index is 853. The van der Waals surface area contributed by atoms with E-state index in [0.717, 1.165) is 16.2 Å². The van der Waals surface area contributed by atoms with Crippen LogP contribution in [0.1, 0.15) is 25.0 Å². The number of fused-ring (bicyclic) bond motifs is 1. The van der Waals surface area contributed by atoms with Crippen LogP contribution in [0, 0.1) is 11.3 Å². The molecule has 1 N–H and O–H groups in total. The largest absolute Gasteiger partial charge is 0.296 e. The maximum Gasteiger partial charge on any atom is 0.277 e. The third-order valence-corrected chi connectivity index (χ3v) is 5.57. The number of carbonyl (C=O) groups is 2. The van der Waals surface area contributed by atoms with Gasteiger partial charge in [0.15, 0.2) is 0 Å². The van der Waals surface area contributed by atoms with Crippen LogP contribution in [0.3, 0.4) is 0 Å². The smallest absolute Gasteiger partial charge is 0.277 e. The molecule has 1 heterocycles. The first-order chi connectivity index (χ1) is 13.0. The molecule has 4 rings (SSSR count). The summed E-state index contributed by atoms with van der Waals surface area (Å²) in [5.74, 6) is -1.22. The van der Waals surface area contributed by atoms with Crippen LogP contribution in [-0.4, -0.2) is 22.4 Å². The number of amides is 2. The topological polar surface area (TPSA) is 67.9 Å². The summed E-state index contributed by atoms with van der Waals surface area (Å²) in [6, 6.07) is 19.1. The van der Waals surface area contributed by atoms with E-state index in [2.05, 4.69) is 5.48 Å². The summed E-state index contributed by atoms with van der Waals surface area (Å²) in [5, 5.41) is 0.891. The maximum absolute atomic E-state index is 13.0. The Labute approximate surface area is 158 Å². The van der Waals surface area contributed by atoms with Crippen molar-refractivity contribution in [3.05, 3.63) is 71.8 Å². The zero-order chi connectivity index (χ0) is 19.1. The lowest BCUT2D eigenvalue weighted by molar-refractivity contribution is -0.199. The molecule has 2 aromatic carbocycles. The monoisotopic (exact) mass is 366 g/mol. The van der Waals surface area contributed by atoms with Crippen molar-refractivity contribution in [2.24, 2.45) is 11.3 Å². The number of nitrogens with one attached hydrogen (secondary N) is 1. The van der Waals surface area contributed by atoms with E-state index in [-0.39, 0.29) is 12.5 Å². The number of imide groups is 1. The minimum atomic E-state index is -1.07. The van der Waals surface area contributed by atoms with Gasteiger partial charge in [-0.2, -0.15) is 10.5 Å². The predicted molar refractivity (Wildman–Crippen MR) is 97.5 cm³/mol. The average Bonchev–Trinajstić information content (AvgIpc) is 3.08. The number of piperidine rings is 1. The fourth-order valence-electron chi connectivity index (χ4n) is 3.91. The molecule has 2 aromatic rings. The molecular weight excluding hydrogens is 344 g/mol. The van der Waals surface area contributed by atoms with E-state index in [1.54, 1.807) is 0 Å². The van der Waals surface area contributed by atoms with Gasteiger partial charge in [0.25, 0.3) is 11.8 Å². The predicted octanol–water partition coefficient (Wildman–Crippen LogP) is 2.60. The van der Waals surface area contributed by atoms with Crippen molar-refractivity contribution in [1.82, 2.24) is 10.5 Å². The lowest BCUT2D eigenvalue weighted by Gasteiger charge is -2.24. The van der Waals surface area contributed by atoms with Gasteiger partial charge in [-0.25, -0.2) is 0 Å². The lowest BCUT2D eigenvalue weighted by atomic mass is 10.0. The zero-order valence-corrected chi connectivity index (χ0v) is 15.3. The van der Waals surface area contributed by atoms with Crippen molar-refractivity contribution < 1.29 is 19.3 Å². The molecular formula is C21H22N2O4. The van der Waals surface area contributed by atoms with E-state index in [1.807, 2.05) is 74.5 Å². The third kappa shape index (κ3) is 2.77. The number of benzene rings is 2. The van der Waals surface area contributed by atoms with E-state index >= 15 is 0 Å². The second-order valence-electron chi connectivity index (χ2n) is 7.54. The fraction of sp³-hybridized carbons (Fsp3) is 0.333. The summed E-state index contributed by atoms with van der Waals surface area (Å²) < 4.78 is 0. The molecule has 6 nitrogen and oxygen atoms in total. The van der Waals surface area contributed by atoms with Gasteiger partial charge in [-0.3, -0.25) is 19.3 Å². The van der Waals surface area contributed by atoms with Gasteiger partial charge in [-0.05, 0) is 11.1 Å². The molecule has 1 saturated heterocycles. The van der Waals surface area contributed by atoms with E-state index in [1.165, 1.54) is 0 Å². The Hall–Kier alpha value is -2.54. The first kappa shape index (κ1) is 17.9. The van der Waals surface area contributed by atoms with Gasteiger partial charge in [-0.15, -0.1) is 0 Å². The molecule has 2 aliphatic rings. The van der Waals surface area contributed by atoms with Gasteiger partial charge in [0, 0.05) is 5.41 Å². The van der Waals surface area contributed by atoms with Crippen molar-refractivity contribution >= 4 is 11.8 Å². The Morgan fingerprint density at radius 3 is 2.07 bits per heavy atom. The zero-order valence-electron chi connectivity index (χ0n) is 15.3. The molecule has 6 heteroatoms. The minimum Gasteiger partial charge on any atom is -0.296 e. The maximum atomic E-state index is 13.0. The Morgan fingerprint density at radius 1 is 0.926 bits per heavy atom. The molecule has 140 valence electrons. The highest BCUT2D eigenvalue weighted by atomic mass is 16.7. The van der Waals surface area contributed by atoms with Crippen molar-refractivity contribution in [3.63, 3.8) is 0 Å². The van der Waals surface area contributed by atoms with Gasteiger partial charge in [-0.1, -0.05) is 74.5 Å². The Morgan fingerprint density at radius 2 is 1.48 bits per heavy atom. The van der Waals surface area contributed by atoms with Gasteiger partial charge in [0.2, 0.25) is 0 Å². The second kappa shape index (κ2) is 6.56. The van der Waals surface area contributed by atoms with E-state index in [9.17, 15) is 9.59 Å². The van der Waals surface area contributed by atoms with Gasteiger partial charge in [0.05, 0.1) is 12.5 Å². The summed E-state index contributed by atoms with van der Waals surface area (Å²) in [7, 11) is 0. The molecule has 0 aromatic heterocycles. The van der Waals surface area contributed by atoms with Crippen molar-refractivity contribution in [1.29, 1.82) is 0 Å². The van der Waals surface area contributed by atoms with Crippen molar-refractivity contribution in [2.75, 3.05) is 0 Å². The highest BCUT2D eigenvalue weighted by molar-refractivity contribution is 6.15.